The van der Waals surface area contributed by atoms with Gasteiger partial charge in [-0.2, -0.15) is 0 Å². The van der Waals surface area contributed by atoms with Crippen molar-refractivity contribution in [3.8, 4) is 11.5 Å². The van der Waals surface area contributed by atoms with Crippen LogP contribution in [0.25, 0.3) is 0 Å². The molecule has 0 unspecified atom stereocenters. The number of ether oxygens (including phenoxy) is 1. The Kier molecular flexibility index (Phi) is 3.84. The zero-order valence-electron chi connectivity index (χ0n) is 9.86. The molecule has 0 heterocycles. The maximum absolute atomic E-state index is 13.8. The minimum atomic E-state index is -0.431. The van der Waals surface area contributed by atoms with E-state index < -0.39 is 5.82 Å². The summed E-state index contributed by atoms with van der Waals surface area (Å²) in [7, 11) is 0. The minimum Gasteiger partial charge on any atom is -0.454 e. The SMILES string of the molecule is C[C@H](N)c1cccc(F)c1Oc1ccc(Cl)cc1. The average Bonchev–Trinajstić information content (AvgIpc) is 2.34. The summed E-state index contributed by atoms with van der Waals surface area (Å²) in [5.41, 5.74) is 6.42. The van der Waals surface area contributed by atoms with Crippen LogP contribution in [-0.2, 0) is 0 Å². The fourth-order valence-corrected chi connectivity index (χ4v) is 1.74. The Morgan fingerprint density at radius 3 is 2.44 bits per heavy atom. The van der Waals surface area contributed by atoms with E-state index in [0.29, 0.717) is 16.3 Å². The van der Waals surface area contributed by atoms with Crippen molar-refractivity contribution in [2.24, 2.45) is 5.73 Å². The molecule has 0 saturated heterocycles. The molecule has 2 aromatic carbocycles. The second kappa shape index (κ2) is 5.38. The quantitative estimate of drug-likeness (QED) is 0.898. The average molecular weight is 266 g/mol. The van der Waals surface area contributed by atoms with Crippen LogP contribution >= 0.6 is 11.6 Å². The van der Waals surface area contributed by atoms with Gasteiger partial charge in [-0.15, -0.1) is 0 Å². The van der Waals surface area contributed by atoms with Crippen LogP contribution < -0.4 is 10.5 Å². The third-order valence-electron chi connectivity index (χ3n) is 2.52. The second-order valence-electron chi connectivity index (χ2n) is 4.00. The number of rotatable bonds is 3. The molecule has 18 heavy (non-hydrogen) atoms. The van der Waals surface area contributed by atoms with E-state index in [-0.39, 0.29) is 11.8 Å². The summed E-state index contributed by atoms with van der Waals surface area (Å²) in [4.78, 5) is 0. The molecule has 0 fully saturated rings. The first-order chi connectivity index (χ1) is 8.58. The van der Waals surface area contributed by atoms with Gasteiger partial charge in [0.1, 0.15) is 5.75 Å². The lowest BCUT2D eigenvalue weighted by Crippen LogP contribution is -2.07. The van der Waals surface area contributed by atoms with Crippen molar-refractivity contribution in [2.45, 2.75) is 13.0 Å². The van der Waals surface area contributed by atoms with Gasteiger partial charge >= 0.3 is 0 Å². The van der Waals surface area contributed by atoms with Crippen LogP contribution in [0.5, 0.6) is 11.5 Å². The van der Waals surface area contributed by atoms with Crippen LogP contribution in [0.2, 0.25) is 5.02 Å². The second-order valence-corrected chi connectivity index (χ2v) is 4.44. The van der Waals surface area contributed by atoms with E-state index in [1.165, 1.54) is 6.07 Å². The Labute approximate surface area is 110 Å². The Hall–Kier alpha value is -1.58. The number of benzene rings is 2. The van der Waals surface area contributed by atoms with Crippen LogP contribution in [0.15, 0.2) is 42.5 Å². The first-order valence-corrected chi connectivity index (χ1v) is 5.93. The molecule has 0 amide bonds. The number of para-hydroxylation sites is 1. The summed E-state index contributed by atoms with van der Waals surface area (Å²) in [6, 6.07) is 11.1. The zero-order chi connectivity index (χ0) is 13.1. The lowest BCUT2D eigenvalue weighted by atomic mass is 10.1. The molecule has 0 aliphatic heterocycles. The first kappa shape index (κ1) is 12.9. The molecule has 0 radical (unpaired) electrons. The highest BCUT2D eigenvalue weighted by Crippen LogP contribution is 2.31. The number of nitrogens with two attached hydrogens (primary N) is 1. The Bertz CT molecular complexity index is 540. The van der Waals surface area contributed by atoms with Gasteiger partial charge in [0.25, 0.3) is 0 Å². The topological polar surface area (TPSA) is 35.2 Å². The smallest absolute Gasteiger partial charge is 0.167 e. The molecule has 1 atom stereocenters. The van der Waals surface area contributed by atoms with Crippen molar-refractivity contribution in [3.63, 3.8) is 0 Å². The largest absolute Gasteiger partial charge is 0.454 e. The Balaban J connectivity index is 2.36. The molecule has 0 saturated carbocycles. The highest BCUT2D eigenvalue weighted by atomic mass is 35.5. The molecule has 2 aromatic rings. The van der Waals surface area contributed by atoms with Crippen molar-refractivity contribution >= 4 is 11.6 Å². The summed E-state index contributed by atoms with van der Waals surface area (Å²) >= 11 is 5.78. The molecule has 4 heteroatoms. The standard InChI is InChI=1S/C14H13ClFNO/c1-9(17)12-3-2-4-13(16)14(12)18-11-7-5-10(15)6-8-11/h2-9H,17H2,1H3/t9-/m0/s1. The third-order valence-corrected chi connectivity index (χ3v) is 2.77. The minimum absolute atomic E-state index is 0.162. The van der Waals surface area contributed by atoms with E-state index in [0.717, 1.165) is 0 Å². The van der Waals surface area contributed by atoms with Gasteiger partial charge in [0.2, 0.25) is 0 Å². The van der Waals surface area contributed by atoms with E-state index in [1.54, 1.807) is 43.3 Å². The van der Waals surface area contributed by atoms with Crippen LogP contribution in [0.4, 0.5) is 4.39 Å². The van der Waals surface area contributed by atoms with Crippen LogP contribution in [-0.4, -0.2) is 0 Å². The van der Waals surface area contributed by atoms with E-state index in [1.807, 2.05) is 0 Å². The Morgan fingerprint density at radius 1 is 1.17 bits per heavy atom. The van der Waals surface area contributed by atoms with E-state index in [9.17, 15) is 4.39 Å². The molecular weight excluding hydrogens is 253 g/mol. The molecule has 2 rings (SSSR count). The molecule has 2 N–H and O–H groups in total. The highest BCUT2D eigenvalue weighted by molar-refractivity contribution is 6.30. The molecule has 0 aliphatic carbocycles. The molecule has 0 bridgehead atoms. The van der Waals surface area contributed by atoms with Crippen molar-refractivity contribution in [3.05, 3.63) is 58.9 Å². The predicted octanol–water partition coefficient (Wildman–Crippen LogP) is 4.29. The molecule has 0 aromatic heterocycles. The van der Waals surface area contributed by atoms with Crippen LogP contribution in [0, 0.1) is 5.82 Å². The van der Waals surface area contributed by atoms with E-state index >= 15 is 0 Å². The van der Waals surface area contributed by atoms with Crippen molar-refractivity contribution in [2.75, 3.05) is 0 Å². The van der Waals surface area contributed by atoms with Gasteiger partial charge in [0, 0.05) is 16.6 Å². The molecule has 2 nitrogen and oxygen atoms in total. The van der Waals surface area contributed by atoms with Crippen LogP contribution in [0.3, 0.4) is 0 Å². The maximum atomic E-state index is 13.8. The van der Waals surface area contributed by atoms with Gasteiger partial charge in [-0.05, 0) is 37.3 Å². The summed E-state index contributed by atoms with van der Waals surface area (Å²) in [6.45, 7) is 1.78. The van der Waals surface area contributed by atoms with Gasteiger partial charge in [0.05, 0.1) is 0 Å². The lowest BCUT2D eigenvalue weighted by molar-refractivity contribution is 0.432. The van der Waals surface area contributed by atoms with E-state index in [2.05, 4.69) is 0 Å². The monoisotopic (exact) mass is 265 g/mol. The lowest BCUT2D eigenvalue weighted by Gasteiger charge is -2.14. The van der Waals surface area contributed by atoms with Crippen molar-refractivity contribution in [1.82, 2.24) is 0 Å². The molecule has 94 valence electrons. The van der Waals surface area contributed by atoms with E-state index in [4.69, 9.17) is 22.1 Å². The van der Waals surface area contributed by atoms with Gasteiger partial charge < -0.3 is 10.5 Å². The third kappa shape index (κ3) is 2.81. The summed E-state index contributed by atoms with van der Waals surface area (Å²) in [5, 5.41) is 0.600. The maximum Gasteiger partial charge on any atom is 0.167 e. The fourth-order valence-electron chi connectivity index (χ4n) is 1.61. The van der Waals surface area contributed by atoms with Gasteiger partial charge in [-0.3, -0.25) is 0 Å². The number of hydrogen-bond acceptors (Lipinski definition) is 2. The number of halogens is 2. The number of hydrogen-bond donors (Lipinski definition) is 1. The summed E-state index contributed by atoms with van der Waals surface area (Å²) < 4.78 is 19.3. The zero-order valence-corrected chi connectivity index (χ0v) is 10.6. The fraction of sp³-hybridized carbons (Fsp3) is 0.143. The van der Waals surface area contributed by atoms with Crippen molar-refractivity contribution in [1.29, 1.82) is 0 Å². The summed E-state index contributed by atoms with van der Waals surface area (Å²) in [5.74, 6) is 0.251. The molecule has 0 spiro atoms. The van der Waals surface area contributed by atoms with Crippen molar-refractivity contribution < 1.29 is 9.13 Å². The molecular formula is C14H13ClFNO. The van der Waals surface area contributed by atoms with Gasteiger partial charge in [-0.25, -0.2) is 4.39 Å². The van der Waals surface area contributed by atoms with Gasteiger partial charge in [0.15, 0.2) is 11.6 Å². The Morgan fingerprint density at radius 2 is 1.83 bits per heavy atom. The molecule has 0 aliphatic rings. The van der Waals surface area contributed by atoms with Crippen LogP contribution in [0.1, 0.15) is 18.5 Å². The predicted molar refractivity (Wildman–Crippen MR) is 70.5 cm³/mol. The van der Waals surface area contributed by atoms with Gasteiger partial charge in [-0.1, -0.05) is 23.7 Å². The highest BCUT2D eigenvalue weighted by Gasteiger charge is 2.13. The first-order valence-electron chi connectivity index (χ1n) is 5.55. The normalized spacial score (nSPS) is 12.2. The summed E-state index contributed by atoms with van der Waals surface area (Å²) in [6.07, 6.45) is 0.